The lowest BCUT2D eigenvalue weighted by atomic mass is 10.1. The molecule has 0 atom stereocenters. The normalized spacial score (nSPS) is 10.5. The quantitative estimate of drug-likeness (QED) is 0.795. The summed E-state index contributed by atoms with van der Waals surface area (Å²) in [4.78, 5) is 0. The fourth-order valence-electron chi connectivity index (χ4n) is 1.12. The minimum Gasteiger partial charge on any atom is -0.137 e. The molecule has 0 aliphatic rings. The molecule has 1 aromatic carbocycles. The minimum absolute atomic E-state index is 0.466. The van der Waals surface area contributed by atoms with Gasteiger partial charge in [0.2, 0.25) is 4.47 Å². The summed E-state index contributed by atoms with van der Waals surface area (Å²) in [5.41, 5.74) is 2.23. The van der Waals surface area contributed by atoms with Gasteiger partial charge in [0.15, 0.2) is 0 Å². The van der Waals surface area contributed by atoms with Crippen LogP contribution in [-0.4, -0.2) is 10.2 Å². The van der Waals surface area contributed by atoms with E-state index in [0.29, 0.717) is 4.47 Å². The van der Waals surface area contributed by atoms with Gasteiger partial charge < -0.3 is 0 Å². The lowest BCUT2D eigenvalue weighted by Crippen LogP contribution is -1.81. The van der Waals surface area contributed by atoms with Gasteiger partial charge >= 0.3 is 0 Å². The van der Waals surface area contributed by atoms with Crippen molar-refractivity contribution in [2.75, 3.05) is 0 Å². The Kier molecular flexibility index (Phi) is 2.85. The van der Waals surface area contributed by atoms with Gasteiger partial charge in [-0.3, -0.25) is 0 Å². The summed E-state index contributed by atoms with van der Waals surface area (Å²) >= 11 is 10.6. The standard InChI is InChI=1S/C9H6BrClN2S/c1-5-2-3-7(10)6(4-5)8-12-13-9(11)14-8/h2-4H,1H3. The molecule has 0 unspecified atom stereocenters. The Morgan fingerprint density at radius 2 is 2.14 bits per heavy atom. The van der Waals surface area contributed by atoms with Crippen LogP contribution in [0, 0.1) is 6.92 Å². The molecule has 14 heavy (non-hydrogen) atoms. The molecule has 1 aromatic heterocycles. The minimum atomic E-state index is 0.466. The number of nitrogens with zero attached hydrogens (tertiary/aromatic N) is 2. The average molecular weight is 290 g/mol. The van der Waals surface area contributed by atoms with E-state index >= 15 is 0 Å². The lowest BCUT2D eigenvalue weighted by molar-refractivity contribution is 1.09. The van der Waals surface area contributed by atoms with Crippen molar-refractivity contribution in [1.82, 2.24) is 10.2 Å². The Bertz CT molecular complexity index is 470. The Hall–Kier alpha value is -0.450. The summed E-state index contributed by atoms with van der Waals surface area (Å²) in [5, 5.41) is 8.61. The molecule has 72 valence electrons. The van der Waals surface area contributed by atoms with Crippen LogP contribution in [0.2, 0.25) is 4.47 Å². The van der Waals surface area contributed by atoms with Crippen LogP contribution >= 0.6 is 38.9 Å². The molecule has 0 N–H and O–H groups in total. The molecule has 0 radical (unpaired) electrons. The SMILES string of the molecule is Cc1ccc(Br)c(-c2nnc(Cl)s2)c1. The molecule has 0 spiro atoms. The van der Waals surface area contributed by atoms with Crippen molar-refractivity contribution in [3.63, 3.8) is 0 Å². The maximum Gasteiger partial charge on any atom is 0.207 e. The van der Waals surface area contributed by atoms with E-state index in [1.165, 1.54) is 16.9 Å². The van der Waals surface area contributed by atoms with Crippen molar-refractivity contribution in [1.29, 1.82) is 0 Å². The number of aromatic nitrogens is 2. The highest BCUT2D eigenvalue weighted by Gasteiger charge is 2.08. The monoisotopic (exact) mass is 288 g/mol. The Labute approximate surface area is 99.1 Å². The molecule has 0 amide bonds. The summed E-state index contributed by atoms with van der Waals surface area (Å²) in [6.07, 6.45) is 0. The van der Waals surface area contributed by atoms with E-state index in [1.54, 1.807) is 0 Å². The van der Waals surface area contributed by atoms with Crippen LogP contribution in [0.3, 0.4) is 0 Å². The third-order valence-corrected chi connectivity index (χ3v) is 3.50. The largest absolute Gasteiger partial charge is 0.207 e. The zero-order valence-electron chi connectivity index (χ0n) is 7.29. The van der Waals surface area contributed by atoms with Crippen LogP contribution in [0.15, 0.2) is 22.7 Å². The summed E-state index contributed by atoms with van der Waals surface area (Å²) in [7, 11) is 0. The second-order valence-electron chi connectivity index (χ2n) is 2.84. The molecule has 0 aliphatic carbocycles. The topological polar surface area (TPSA) is 25.8 Å². The second kappa shape index (κ2) is 3.96. The molecule has 0 bridgehead atoms. The van der Waals surface area contributed by atoms with Crippen LogP contribution in [0.4, 0.5) is 0 Å². The first-order valence-corrected chi connectivity index (χ1v) is 5.91. The van der Waals surface area contributed by atoms with Gasteiger partial charge in [-0.25, -0.2) is 0 Å². The van der Waals surface area contributed by atoms with Gasteiger partial charge in [0.25, 0.3) is 0 Å². The summed E-state index contributed by atoms with van der Waals surface area (Å²) in [5.74, 6) is 0. The zero-order valence-corrected chi connectivity index (χ0v) is 10.4. The Morgan fingerprint density at radius 1 is 1.36 bits per heavy atom. The summed E-state index contributed by atoms with van der Waals surface area (Å²) in [6, 6.07) is 6.09. The van der Waals surface area contributed by atoms with Gasteiger partial charge in [0, 0.05) is 10.0 Å². The van der Waals surface area contributed by atoms with Gasteiger partial charge in [-0.1, -0.05) is 38.9 Å². The van der Waals surface area contributed by atoms with Gasteiger partial charge in [-0.05, 0) is 30.7 Å². The highest BCUT2D eigenvalue weighted by Crippen LogP contribution is 2.32. The first-order chi connectivity index (χ1) is 6.66. The predicted molar refractivity (Wildman–Crippen MR) is 62.8 cm³/mol. The van der Waals surface area contributed by atoms with Crippen LogP contribution in [0.5, 0.6) is 0 Å². The van der Waals surface area contributed by atoms with E-state index < -0.39 is 0 Å². The van der Waals surface area contributed by atoms with E-state index in [2.05, 4.69) is 32.2 Å². The smallest absolute Gasteiger partial charge is 0.137 e. The third kappa shape index (κ3) is 1.97. The molecule has 0 saturated carbocycles. The fraction of sp³-hybridized carbons (Fsp3) is 0.111. The molecular formula is C9H6BrClN2S. The molecule has 1 heterocycles. The molecule has 5 heteroatoms. The number of aryl methyl sites for hydroxylation is 1. The summed E-state index contributed by atoms with van der Waals surface area (Å²) in [6.45, 7) is 2.04. The van der Waals surface area contributed by atoms with E-state index in [9.17, 15) is 0 Å². The number of benzene rings is 1. The van der Waals surface area contributed by atoms with Gasteiger partial charge in [-0.15, -0.1) is 10.2 Å². The van der Waals surface area contributed by atoms with Crippen LogP contribution in [0.1, 0.15) is 5.56 Å². The highest BCUT2D eigenvalue weighted by atomic mass is 79.9. The lowest BCUT2D eigenvalue weighted by Gasteiger charge is -2.00. The van der Waals surface area contributed by atoms with Crippen molar-refractivity contribution in [2.24, 2.45) is 0 Å². The number of halogens is 2. The highest BCUT2D eigenvalue weighted by molar-refractivity contribution is 9.10. The van der Waals surface area contributed by atoms with Crippen molar-refractivity contribution in [3.05, 3.63) is 32.7 Å². The molecule has 2 nitrogen and oxygen atoms in total. The van der Waals surface area contributed by atoms with Crippen LogP contribution in [0.25, 0.3) is 10.6 Å². The number of hydrogen-bond donors (Lipinski definition) is 0. The molecule has 0 saturated heterocycles. The van der Waals surface area contributed by atoms with Crippen molar-refractivity contribution < 1.29 is 0 Å². The first-order valence-electron chi connectivity index (χ1n) is 3.92. The first kappa shape index (κ1) is 10.1. The van der Waals surface area contributed by atoms with Gasteiger partial charge in [-0.2, -0.15) is 0 Å². The molecule has 0 aliphatic heterocycles. The maximum atomic E-state index is 5.73. The van der Waals surface area contributed by atoms with Gasteiger partial charge in [0.1, 0.15) is 5.01 Å². The van der Waals surface area contributed by atoms with Crippen LogP contribution in [-0.2, 0) is 0 Å². The Balaban J connectivity index is 2.55. The fourth-order valence-corrected chi connectivity index (χ4v) is 2.54. The van der Waals surface area contributed by atoms with E-state index in [1.807, 2.05) is 19.1 Å². The van der Waals surface area contributed by atoms with E-state index in [4.69, 9.17) is 11.6 Å². The van der Waals surface area contributed by atoms with Crippen molar-refractivity contribution >= 4 is 38.9 Å². The van der Waals surface area contributed by atoms with Crippen molar-refractivity contribution in [3.8, 4) is 10.6 Å². The second-order valence-corrected chi connectivity index (χ2v) is 5.26. The molecular weight excluding hydrogens is 284 g/mol. The maximum absolute atomic E-state index is 5.73. The molecule has 0 fully saturated rings. The molecule has 2 rings (SSSR count). The van der Waals surface area contributed by atoms with E-state index in [-0.39, 0.29) is 0 Å². The van der Waals surface area contributed by atoms with E-state index in [0.717, 1.165) is 15.0 Å². The third-order valence-electron chi connectivity index (χ3n) is 1.75. The zero-order chi connectivity index (χ0) is 10.1. The van der Waals surface area contributed by atoms with Gasteiger partial charge in [0.05, 0.1) is 0 Å². The number of rotatable bonds is 1. The number of hydrogen-bond acceptors (Lipinski definition) is 3. The summed E-state index contributed by atoms with van der Waals surface area (Å²) < 4.78 is 1.48. The predicted octanol–water partition coefficient (Wildman–Crippen LogP) is 3.93. The van der Waals surface area contributed by atoms with Crippen molar-refractivity contribution in [2.45, 2.75) is 6.92 Å². The molecule has 2 aromatic rings. The average Bonchev–Trinajstić information content (AvgIpc) is 2.56. The van der Waals surface area contributed by atoms with Crippen LogP contribution < -0.4 is 0 Å². The Morgan fingerprint density at radius 3 is 2.79 bits per heavy atom.